The quantitative estimate of drug-likeness (QED) is 0.566. The molecule has 0 bridgehead atoms. The highest BCUT2D eigenvalue weighted by atomic mass is 16.5. The molecule has 0 aromatic heterocycles. The molecule has 0 radical (unpaired) electrons. The third-order valence-corrected chi connectivity index (χ3v) is 4.26. The number of carbonyl (C=O) groups is 4. The van der Waals surface area contributed by atoms with E-state index in [1.54, 1.807) is 17.0 Å². The molecule has 1 aromatic rings. The minimum absolute atomic E-state index is 0.261. The predicted molar refractivity (Wildman–Crippen MR) is 84.8 cm³/mol. The topological polar surface area (TPSA) is 93.2 Å². The van der Waals surface area contributed by atoms with E-state index in [0.717, 1.165) is 4.90 Å². The highest BCUT2D eigenvalue weighted by Gasteiger charge is 2.41. The molecular weight excluding hydrogens is 328 g/mol. The van der Waals surface area contributed by atoms with Crippen molar-refractivity contribution in [2.45, 2.75) is 13.0 Å². The molecule has 3 rings (SSSR count). The lowest BCUT2D eigenvalue weighted by Gasteiger charge is -2.27. The number of imide groups is 1. The maximum atomic E-state index is 12.3. The van der Waals surface area contributed by atoms with E-state index < -0.39 is 30.4 Å². The van der Waals surface area contributed by atoms with Crippen molar-refractivity contribution in [2.75, 3.05) is 32.9 Å². The minimum Gasteiger partial charge on any atom is -0.454 e. The van der Waals surface area contributed by atoms with Gasteiger partial charge in [-0.05, 0) is 19.1 Å². The van der Waals surface area contributed by atoms with Crippen LogP contribution in [-0.2, 0) is 19.1 Å². The lowest BCUT2D eigenvalue weighted by Crippen LogP contribution is -2.46. The minimum atomic E-state index is -1.11. The number of carbonyl (C=O) groups excluding carboxylic acids is 4. The Morgan fingerprint density at radius 3 is 2.24 bits per heavy atom. The summed E-state index contributed by atoms with van der Waals surface area (Å²) in [6, 6.07) is 5.27. The van der Waals surface area contributed by atoms with Gasteiger partial charge in [0, 0.05) is 13.1 Å². The van der Waals surface area contributed by atoms with Gasteiger partial charge in [0.1, 0.15) is 6.04 Å². The fraction of sp³-hybridized carbons (Fsp3) is 0.412. The van der Waals surface area contributed by atoms with Crippen LogP contribution in [0, 0.1) is 0 Å². The first-order valence-electron chi connectivity index (χ1n) is 8.00. The number of morpholine rings is 1. The number of hydrogen-bond acceptors (Lipinski definition) is 6. The normalized spacial score (nSPS) is 18.1. The average molecular weight is 346 g/mol. The zero-order valence-electron chi connectivity index (χ0n) is 13.8. The first kappa shape index (κ1) is 17.1. The van der Waals surface area contributed by atoms with Crippen LogP contribution in [0.1, 0.15) is 27.6 Å². The number of esters is 1. The van der Waals surface area contributed by atoms with Crippen molar-refractivity contribution in [3.8, 4) is 0 Å². The Labute approximate surface area is 144 Å². The molecule has 2 aliphatic heterocycles. The Morgan fingerprint density at radius 1 is 1.12 bits per heavy atom. The van der Waals surface area contributed by atoms with Crippen molar-refractivity contribution in [3.05, 3.63) is 35.4 Å². The lowest BCUT2D eigenvalue weighted by atomic mass is 10.1. The van der Waals surface area contributed by atoms with E-state index in [4.69, 9.17) is 9.47 Å². The summed E-state index contributed by atoms with van der Waals surface area (Å²) < 4.78 is 10.2. The Kier molecular flexibility index (Phi) is 4.80. The van der Waals surface area contributed by atoms with Gasteiger partial charge in [0.05, 0.1) is 24.3 Å². The number of fused-ring (bicyclic) bond motifs is 1. The van der Waals surface area contributed by atoms with Gasteiger partial charge in [-0.1, -0.05) is 12.1 Å². The molecule has 0 N–H and O–H groups in total. The summed E-state index contributed by atoms with van der Waals surface area (Å²) in [6.07, 6.45) is 0. The van der Waals surface area contributed by atoms with E-state index in [9.17, 15) is 19.2 Å². The van der Waals surface area contributed by atoms with E-state index in [0.29, 0.717) is 26.3 Å². The van der Waals surface area contributed by atoms with Crippen LogP contribution in [-0.4, -0.2) is 72.4 Å². The Hall–Kier alpha value is -2.74. The number of amides is 3. The van der Waals surface area contributed by atoms with E-state index in [1.165, 1.54) is 19.1 Å². The molecule has 132 valence electrons. The van der Waals surface area contributed by atoms with Gasteiger partial charge in [-0.3, -0.25) is 19.3 Å². The van der Waals surface area contributed by atoms with Gasteiger partial charge < -0.3 is 14.4 Å². The van der Waals surface area contributed by atoms with E-state index in [2.05, 4.69) is 0 Å². The smallest absolute Gasteiger partial charge is 0.329 e. The molecule has 0 saturated carbocycles. The first-order chi connectivity index (χ1) is 12.0. The van der Waals surface area contributed by atoms with Gasteiger partial charge in [-0.25, -0.2) is 4.79 Å². The standard InChI is InChI=1S/C17H18N2O6/c1-11(17(23)25-10-14(20)18-6-8-24-9-7-18)19-15(21)12-4-2-3-5-13(12)16(19)22/h2-5,11H,6-10H2,1H3/t11-/m1/s1. The summed E-state index contributed by atoms with van der Waals surface area (Å²) in [5.41, 5.74) is 0.521. The van der Waals surface area contributed by atoms with Crippen LogP contribution in [0.3, 0.4) is 0 Å². The summed E-state index contributed by atoms with van der Waals surface area (Å²) in [4.78, 5) is 51.3. The molecule has 8 nitrogen and oxygen atoms in total. The SMILES string of the molecule is C[C@H](C(=O)OCC(=O)N1CCOCC1)N1C(=O)c2ccccc2C1=O. The molecule has 0 spiro atoms. The summed E-state index contributed by atoms with van der Waals surface area (Å²) in [7, 11) is 0. The van der Waals surface area contributed by atoms with Gasteiger partial charge in [-0.15, -0.1) is 0 Å². The molecule has 1 aromatic carbocycles. The summed E-state index contributed by atoms with van der Waals surface area (Å²) in [6.45, 7) is 2.78. The second kappa shape index (κ2) is 7.02. The van der Waals surface area contributed by atoms with E-state index in [-0.39, 0.29) is 17.0 Å². The molecule has 0 unspecified atom stereocenters. The van der Waals surface area contributed by atoms with Gasteiger partial charge >= 0.3 is 5.97 Å². The molecule has 1 atom stereocenters. The van der Waals surface area contributed by atoms with Crippen molar-refractivity contribution in [2.24, 2.45) is 0 Å². The molecule has 2 heterocycles. The van der Waals surface area contributed by atoms with Crippen LogP contribution in [0.2, 0.25) is 0 Å². The molecule has 1 saturated heterocycles. The van der Waals surface area contributed by atoms with Crippen LogP contribution in [0.5, 0.6) is 0 Å². The van der Waals surface area contributed by atoms with Crippen LogP contribution in [0.15, 0.2) is 24.3 Å². The molecule has 2 aliphatic rings. The maximum absolute atomic E-state index is 12.3. The van der Waals surface area contributed by atoms with E-state index >= 15 is 0 Å². The largest absolute Gasteiger partial charge is 0.454 e. The van der Waals surface area contributed by atoms with Crippen LogP contribution in [0.25, 0.3) is 0 Å². The van der Waals surface area contributed by atoms with Crippen molar-refractivity contribution in [3.63, 3.8) is 0 Å². The lowest BCUT2D eigenvalue weighted by molar-refractivity contribution is -0.156. The number of nitrogens with zero attached hydrogens (tertiary/aromatic N) is 2. The number of ether oxygens (including phenoxy) is 2. The zero-order valence-corrected chi connectivity index (χ0v) is 13.8. The van der Waals surface area contributed by atoms with Gasteiger partial charge in [0.25, 0.3) is 17.7 Å². The molecule has 8 heteroatoms. The summed E-state index contributed by atoms with van der Waals surface area (Å²) >= 11 is 0. The summed E-state index contributed by atoms with van der Waals surface area (Å²) in [5.74, 6) is -2.20. The Bertz CT molecular complexity index is 691. The van der Waals surface area contributed by atoms with Crippen LogP contribution >= 0.6 is 0 Å². The fourth-order valence-corrected chi connectivity index (χ4v) is 2.82. The third-order valence-electron chi connectivity index (χ3n) is 4.26. The first-order valence-corrected chi connectivity index (χ1v) is 8.00. The molecule has 25 heavy (non-hydrogen) atoms. The number of hydrogen-bond donors (Lipinski definition) is 0. The van der Waals surface area contributed by atoms with Gasteiger partial charge in [-0.2, -0.15) is 0 Å². The second-order valence-electron chi connectivity index (χ2n) is 5.80. The third kappa shape index (κ3) is 3.25. The van der Waals surface area contributed by atoms with Crippen LogP contribution < -0.4 is 0 Å². The highest BCUT2D eigenvalue weighted by molar-refractivity contribution is 6.22. The number of benzene rings is 1. The van der Waals surface area contributed by atoms with Crippen molar-refractivity contribution >= 4 is 23.7 Å². The molecule has 3 amide bonds. The van der Waals surface area contributed by atoms with Crippen LogP contribution in [0.4, 0.5) is 0 Å². The molecular formula is C17H18N2O6. The zero-order chi connectivity index (χ0) is 18.0. The molecule has 0 aliphatic carbocycles. The van der Waals surface area contributed by atoms with Crippen molar-refractivity contribution in [1.29, 1.82) is 0 Å². The average Bonchev–Trinajstić information content (AvgIpc) is 2.90. The Morgan fingerprint density at radius 2 is 1.68 bits per heavy atom. The Balaban J connectivity index is 1.60. The predicted octanol–water partition coefficient (Wildman–Crippen LogP) is 0.0731. The van der Waals surface area contributed by atoms with Gasteiger partial charge in [0.15, 0.2) is 6.61 Å². The maximum Gasteiger partial charge on any atom is 0.329 e. The molecule has 1 fully saturated rings. The highest BCUT2D eigenvalue weighted by Crippen LogP contribution is 2.24. The summed E-state index contributed by atoms with van der Waals surface area (Å²) in [5, 5.41) is 0. The monoisotopic (exact) mass is 346 g/mol. The number of rotatable bonds is 4. The van der Waals surface area contributed by atoms with Crippen molar-refractivity contribution in [1.82, 2.24) is 9.80 Å². The second-order valence-corrected chi connectivity index (χ2v) is 5.80. The van der Waals surface area contributed by atoms with E-state index in [1.807, 2.05) is 0 Å². The van der Waals surface area contributed by atoms with Crippen molar-refractivity contribution < 1.29 is 28.7 Å². The fourth-order valence-electron chi connectivity index (χ4n) is 2.82. The van der Waals surface area contributed by atoms with Gasteiger partial charge in [0.2, 0.25) is 0 Å².